The second-order valence-corrected chi connectivity index (χ2v) is 9.56. The average Bonchev–Trinajstić information content (AvgIpc) is 3.17. The van der Waals surface area contributed by atoms with Gasteiger partial charge in [0.1, 0.15) is 23.0 Å². The summed E-state index contributed by atoms with van der Waals surface area (Å²) in [6, 6.07) is 14.7. The lowest BCUT2D eigenvalue weighted by molar-refractivity contribution is 0.322. The number of aromatic nitrogens is 4. The molecule has 33 heavy (non-hydrogen) atoms. The number of fused-ring (bicyclic) bond motifs is 1. The molecule has 0 saturated heterocycles. The van der Waals surface area contributed by atoms with Gasteiger partial charge in [0.15, 0.2) is 5.65 Å². The molecule has 2 heterocycles. The fourth-order valence-electron chi connectivity index (χ4n) is 4.96. The van der Waals surface area contributed by atoms with Gasteiger partial charge in [-0.05, 0) is 48.4 Å². The van der Waals surface area contributed by atoms with Gasteiger partial charge in [0.25, 0.3) is 0 Å². The molecule has 0 spiro atoms. The van der Waals surface area contributed by atoms with Gasteiger partial charge in [-0.2, -0.15) is 0 Å². The molecule has 5 rings (SSSR count). The quantitative estimate of drug-likeness (QED) is 0.304. The van der Waals surface area contributed by atoms with Crippen LogP contribution in [0, 0.1) is 11.7 Å². The molecule has 4 aromatic rings. The second kappa shape index (κ2) is 9.60. The Bertz CT molecular complexity index is 1260. The van der Waals surface area contributed by atoms with Gasteiger partial charge in [0.2, 0.25) is 0 Å². The molecule has 0 unspecified atom stereocenters. The summed E-state index contributed by atoms with van der Waals surface area (Å²) in [5, 5.41) is 0.680. The average molecular weight is 463 g/mol. The van der Waals surface area contributed by atoms with Crippen LogP contribution < -0.4 is 0 Å². The molecule has 0 radical (unpaired) electrons. The molecule has 1 fully saturated rings. The minimum Gasteiger partial charge on any atom is -0.308 e. The van der Waals surface area contributed by atoms with Crippen LogP contribution in [0.3, 0.4) is 0 Å². The standard InChI is InChI=1S/C27H28ClFN4/c1-18(20-11-6-8-14-23(20)29)15-25-30-16-24-27(32-25)33(17-19-9-3-2-4-10-19)26(31-24)21-12-5-7-13-22(21)28/h5-8,11-14,16,18-19H,2-4,9-10,15,17H2,1H3/t18-/m1/s1. The Morgan fingerprint density at radius 3 is 2.58 bits per heavy atom. The fraction of sp³-hybridized carbons (Fsp3) is 0.370. The minimum atomic E-state index is -0.186. The second-order valence-electron chi connectivity index (χ2n) is 9.15. The van der Waals surface area contributed by atoms with E-state index in [0.717, 1.165) is 29.1 Å². The summed E-state index contributed by atoms with van der Waals surface area (Å²) in [6.07, 6.45) is 8.68. The van der Waals surface area contributed by atoms with Crippen molar-refractivity contribution in [3.63, 3.8) is 0 Å². The molecule has 1 saturated carbocycles. The highest BCUT2D eigenvalue weighted by Crippen LogP contribution is 2.33. The van der Waals surface area contributed by atoms with Gasteiger partial charge >= 0.3 is 0 Å². The van der Waals surface area contributed by atoms with E-state index in [-0.39, 0.29) is 11.7 Å². The first-order valence-electron chi connectivity index (χ1n) is 11.8. The van der Waals surface area contributed by atoms with Crippen molar-refractivity contribution < 1.29 is 4.39 Å². The van der Waals surface area contributed by atoms with E-state index in [9.17, 15) is 4.39 Å². The van der Waals surface area contributed by atoms with Gasteiger partial charge in [-0.25, -0.2) is 19.3 Å². The van der Waals surface area contributed by atoms with Crippen molar-refractivity contribution in [2.75, 3.05) is 0 Å². The third-order valence-corrected chi connectivity index (χ3v) is 7.07. The maximum Gasteiger partial charge on any atom is 0.164 e. The molecule has 0 aliphatic heterocycles. The molecule has 2 aromatic carbocycles. The van der Waals surface area contributed by atoms with Gasteiger partial charge in [0.05, 0.1) is 11.2 Å². The lowest BCUT2D eigenvalue weighted by atomic mass is 9.89. The Kier molecular flexibility index (Phi) is 6.41. The van der Waals surface area contributed by atoms with Crippen molar-refractivity contribution in [2.24, 2.45) is 5.92 Å². The van der Waals surface area contributed by atoms with Gasteiger partial charge in [-0.15, -0.1) is 0 Å². The van der Waals surface area contributed by atoms with E-state index in [1.165, 1.54) is 38.2 Å². The van der Waals surface area contributed by atoms with Crippen LogP contribution in [0.25, 0.3) is 22.6 Å². The number of imidazole rings is 1. The van der Waals surface area contributed by atoms with E-state index in [2.05, 4.69) is 9.55 Å². The molecule has 2 aromatic heterocycles. The molecular weight excluding hydrogens is 435 g/mol. The third-order valence-electron chi connectivity index (χ3n) is 6.74. The van der Waals surface area contributed by atoms with Crippen LogP contribution in [-0.2, 0) is 13.0 Å². The first-order chi connectivity index (χ1) is 16.1. The Hall–Kier alpha value is -2.79. The van der Waals surface area contributed by atoms with Crippen LogP contribution in [0.15, 0.2) is 54.7 Å². The number of nitrogens with zero attached hydrogens (tertiary/aromatic N) is 4. The number of hydrogen-bond donors (Lipinski definition) is 0. The highest BCUT2D eigenvalue weighted by Gasteiger charge is 2.22. The summed E-state index contributed by atoms with van der Waals surface area (Å²) in [4.78, 5) is 14.4. The summed E-state index contributed by atoms with van der Waals surface area (Å²) in [5.41, 5.74) is 3.20. The summed E-state index contributed by atoms with van der Waals surface area (Å²) >= 11 is 6.56. The molecule has 4 nitrogen and oxygen atoms in total. The van der Waals surface area contributed by atoms with E-state index < -0.39 is 0 Å². The molecule has 0 bridgehead atoms. The SMILES string of the molecule is C[C@H](Cc1ncc2nc(-c3ccccc3Cl)n(CC3CCCCC3)c2n1)c1ccccc1F. The van der Waals surface area contributed by atoms with Crippen molar-refractivity contribution >= 4 is 22.8 Å². The Labute approximate surface area is 198 Å². The first-order valence-corrected chi connectivity index (χ1v) is 12.2. The van der Waals surface area contributed by atoms with Crippen LogP contribution in [0.5, 0.6) is 0 Å². The normalized spacial score (nSPS) is 15.7. The molecule has 0 N–H and O–H groups in total. The predicted molar refractivity (Wildman–Crippen MR) is 131 cm³/mol. The number of rotatable bonds is 6. The van der Waals surface area contributed by atoms with E-state index in [1.807, 2.05) is 43.3 Å². The molecule has 1 aliphatic carbocycles. The summed E-state index contributed by atoms with van der Waals surface area (Å²) < 4.78 is 16.5. The van der Waals surface area contributed by atoms with Gasteiger partial charge in [0, 0.05) is 18.5 Å². The van der Waals surface area contributed by atoms with Gasteiger partial charge < -0.3 is 4.57 Å². The number of benzene rings is 2. The van der Waals surface area contributed by atoms with Crippen LogP contribution in [0.2, 0.25) is 5.02 Å². The monoisotopic (exact) mass is 462 g/mol. The lowest BCUT2D eigenvalue weighted by Crippen LogP contribution is -2.15. The Morgan fingerprint density at radius 2 is 1.79 bits per heavy atom. The van der Waals surface area contributed by atoms with Gasteiger partial charge in [-0.3, -0.25) is 0 Å². The minimum absolute atomic E-state index is 0.0265. The van der Waals surface area contributed by atoms with Crippen LogP contribution >= 0.6 is 11.6 Å². The van der Waals surface area contributed by atoms with Crippen LogP contribution in [0.4, 0.5) is 4.39 Å². The lowest BCUT2D eigenvalue weighted by Gasteiger charge is -2.23. The summed E-state index contributed by atoms with van der Waals surface area (Å²) in [7, 11) is 0. The van der Waals surface area contributed by atoms with Crippen LogP contribution in [-0.4, -0.2) is 19.5 Å². The molecular formula is C27H28ClFN4. The topological polar surface area (TPSA) is 43.6 Å². The van der Waals surface area contributed by atoms with E-state index in [1.54, 1.807) is 12.3 Å². The molecule has 1 aliphatic rings. The van der Waals surface area contributed by atoms with Crippen LogP contribution in [0.1, 0.15) is 56.3 Å². The smallest absolute Gasteiger partial charge is 0.164 e. The number of hydrogen-bond acceptors (Lipinski definition) is 3. The van der Waals surface area contributed by atoms with Crippen molar-refractivity contribution in [3.05, 3.63) is 77.0 Å². The summed E-state index contributed by atoms with van der Waals surface area (Å²) in [5.74, 6) is 1.94. The molecule has 170 valence electrons. The largest absolute Gasteiger partial charge is 0.308 e. The van der Waals surface area contributed by atoms with Crippen molar-refractivity contribution in [1.82, 2.24) is 19.5 Å². The third kappa shape index (κ3) is 4.65. The Balaban J connectivity index is 1.54. The zero-order valence-electron chi connectivity index (χ0n) is 18.8. The maximum absolute atomic E-state index is 14.3. The van der Waals surface area contributed by atoms with Crippen molar-refractivity contribution in [1.29, 1.82) is 0 Å². The highest BCUT2D eigenvalue weighted by atomic mass is 35.5. The molecule has 0 amide bonds. The molecule has 6 heteroatoms. The predicted octanol–water partition coefficient (Wildman–Crippen LogP) is 7.21. The van der Waals surface area contributed by atoms with E-state index >= 15 is 0 Å². The summed E-state index contributed by atoms with van der Waals surface area (Å²) in [6.45, 7) is 2.89. The Morgan fingerprint density at radius 1 is 1.03 bits per heavy atom. The fourth-order valence-corrected chi connectivity index (χ4v) is 5.18. The first kappa shape index (κ1) is 22.0. The van der Waals surface area contributed by atoms with Gasteiger partial charge in [-0.1, -0.05) is 68.1 Å². The molecule has 1 atom stereocenters. The van der Waals surface area contributed by atoms with Crippen molar-refractivity contribution in [2.45, 2.75) is 57.9 Å². The van der Waals surface area contributed by atoms with E-state index in [4.69, 9.17) is 21.6 Å². The zero-order valence-corrected chi connectivity index (χ0v) is 19.6. The van der Waals surface area contributed by atoms with E-state index in [0.29, 0.717) is 28.7 Å². The zero-order chi connectivity index (χ0) is 22.8. The highest BCUT2D eigenvalue weighted by molar-refractivity contribution is 6.33. The van der Waals surface area contributed by atoms with Crippen molar-refractivity contribution in [3.8, 4) is 11.4 Å². The number of halogens is 2. The maximum atomic E-state index is 14.3.